The molecular weight excluding hydrogens is 382 g/mol. The van der Waals surface area contributed by atoms with Crippen molar-refractivity contribution in [1.29, 1.82) is 0 Å². The average molecular weight is 402 g/mol. The minimum atomic E-state index is -0.478. The maximum atomic E-state index is 12.7. The summed E-state index contributed by atoms with van der Waals surface area (Å²) in [7, 11) is 1.57. The molecule has 0 aliphatic carbocycles. The highest BCUT2D eigenvalue weighted by molar-refractivity contribution is 8.15. The maximum Gasteiger partial charge on any atom is 0.233 e. The molecule has 1 aliphatic rings. The molecule has 0 radical (unpaired) electrons. The number of nitrogens with one attached hydrogen (secondary N) is 1. The Morgan fingerprint density at radius 1 is 1.26 bits per heavy atom. The zero-order valence-corrected chi connectivity index (χ0v) is 16.5. The Hall–Kier alpha value is -2.31. The fourth-order valence-corrected chi connectivity index (χ4v) is 4.13. The third-order valence-corrected chi connectivity index (χ3v) is 5.60. The van der Waals surface area contributed by atoms with Crippen molar-refractivity contribution in [3.05, 3.63) is 65.2 Å². The van der Waals surface area contributed by atoms with Crippen LogP contribution in [0.25, 0.3) is 0 Å². The van der Waals surface area contributed by atoms with Crippen molar-refractivity contribution in [2.45, 2.75) is 18.1 Å². The molecular formula is C20H20ClN3O2S. The standard InChI is InChI=1S/C20H20ClN3O2S/c1-22-19(26)17-13-18(25)24(11-10-14-6-3-2-4-7-14)20(27-17)23-16-9-5-8-15(21)12-16/h2-9,12,17H,10-11,13H2,1H3,(H,22,26). The van der Waals surface area contributed by atoms with E-state index in [1.807, 2.05) is 42.5 Å². The highest BCUT2D eigenvalue weighted by Gasteiger charge is 2.35. The number of hydrogen-bond donors (Lipinski definition) is 1. The smallest absolute Gasteiger partial charge is 0.233 e. The molecule has 2 aromatic carbocycles. The third-order valence-electron chi connectivity index (χ3n) is 4.18. The van der Waals surface area contributed by atoms with Crippen molar-refractivity contribution >= 4 is 46.0 Å². The number of rotatable bonds is 5. The molecule has 0 saturated carbocycles. The van der Waals surface area contributed by atoms with Crippen molar-refractivity contribution in [3.8, 4) is 0 Å². The topological polar surface area (TPSA) is 61.8 Å². The fraction of sp³-hybridized carbons (Fsp3) is 0.250. The minimum Gasteiger partial charge on any atom is -0.358 e. The third kappa shape index (κ3) is 5.11. The lowest BCUT2D eigenvalue weighted by atomic mass is 10.1. The van der Waals surface area contributed by atoms with Crippen LogP contribution >= 0.6 is 23.4 Å². The molecule has 1 N–H and O–H groups in total. The molecule has 0 aromatic heterocycles. The van der Waals surface area contributed by atoms with E-state index in [4.69, 9.17) is 11.6 Å². The summed E-state index contributed by atoms with van der Waals surface area (Å²) in [5.41, 5.74) is 1.80. The van der Waals surface area contributed by atoms with Gasteiger partial charge >= 0.3 is 0 Å². The van der Waals surface area contributed by atoms with Crippen LogP contribution in [0.1, 0.15) is 12.0 Å². The van der Waals surface area contributed by atoms with Gasteiger partial charge in [-0.3, -0.25) is 14.5 Å². The van der Waals surface area contributed by atoms with Crippen LogP contribution in [0.5, 0.6) is 0 Å². The number of nitrogens with zero attached hydrogens (tertiary/aromatic N) is 2. The lowest BCUT2D eigenvalue weighted by molar-refractivity contribution is -0.130. The molecule has 2 amide bonds. The van der Waals surface area contributed by atoms with Gasteiger partial charge in [-0.25, -0.2) is 4.99 Å². The van der Waals surface area contributed by atoms with E-state index in [9.17, 15) is 9.59 Å². The summed E-state index contributed by atoms with van der Waals surface area (Å²) >= 11 is 7.36. The molecule has 1 saturated heterocycles. The predicted molar refractivity (Wildman–Crippen MR) is 110 cm³/mol. The quantitative estimate of drug-likeness (QED) is 0.831. The van der Waals surface area contributed by atoms with E-state index in [0.29, 0.717) is 28.8 Å². The van der Waals surface area contributed by atoms with Gasteiger partial charge in [0.15, 0.2) is 5.17 Å². The van der Waals surface area contributed by atoms with Crippen molar-refractivity contribution in [2.24, 2.45) is 4.99 Å². The van der Waals surface area contributed by atoms with Crippen LogP contribution in [-0.4, -0.2) is 40.7 Å². The van der Waals surface area contributed by atoms with Gasteiger partial charge in [0, 0.05) is 25.0 Å². The first-order valence-electron chi connectivity index (χ1n) is 8.63. The summed E-state index contributed by atoms with van der Waals surface area (Å²) in [6.07, 6.45) is 0.875. The number of thioether (sulfide) groups is 1. The van der Waals surface area contributed by atoms with Crippen LogP contribution < -0.4 is 5.32 Å². The minimum absolute atomic E-state index is 0.0981. The van der Waals surface area contributed by atoms with Gasteiger partial charge in [0.25, 0.3) is 0 Å². The molecule has 1 unspecified atom stereocenters. The first kappa shape index (κ1) is 19.5. The summed E-state index contributed by atoms with van der Waals surface area (Å²) in [6.45, 7) is 0.510. The number of amides is 2. The maximum absolute atomic E-state index is 12.7. The Labute approximate surface area is 167 Å². The Bertz CT molecular complexity index is 857. The molecule has 1 fully saturated rings. The molecule has 3 rings (SSSR count). The predicted octanol–water partition coefficient (Wildman–Crippen LogP) is 3.65. The van der Waals surface area contributed by atoms with E-state index in [-0.39, 0.29) is 18.2 Å². The van der Waals surface area contributed by atoms with E-state index in [0.717, 1.165) is 5.56 Å². The molecule has 1 atom stereocenters. The number of aliphatic imine (C=N–C) groups is 1. The Kier molecular flexibility index (Phi) is 6.53. The van der Waals surface area contributed by atoms with Gasteiger partial charge < -0.3 is 5.32 Å². The van der Waals surface area contributed by atoms with Crippen LogP contribution in [0, 0.1) is 0 Å². The Morgan fingerprint density at radius 3 is 2.74 bits per heavy atom. The first-order valence-corrected chi connectivity index (χ1v) is 9.89. The summed E-state index contributed by atoms with van der Waals surface area (Å²) in [6, 6.07) is 17.1. The van der Waals surface area contributed by atoms with Crippen molar-refractivity contribution in [1.82, 2.24) is 10.2 Å². The van der Waals surface area contributed by atoms with E-state index in [1.54, 1.807) is 24.1 Å². The molecule has 140 valence electrons. The lowest BCUT2D eigenvalue weighted by Gasteiger charge is -2.31. The summed E-state index contributed by atoms with van der Waals surface area (Å²) in [4.78, 5) is 31.1. The number of benzene rings is 2. The zero-order valence-electron chi connectivity index (χ0n) is 14.9. The van der Waals surface area contributed by atoms with Crippen LogP contribution in [0.15, 0.2) is 59.6 Å². The summed E-state index contributed by atoms with van der Waals surface area (Å²) in [5, 5.41) is 3.23. The first-order chi connectivity index (χ1) is 13.1. The second kappa shape index (κ2) is 9.06. The summed E-state index contributed by atoms with van der Waals surface area (Å²) in [5.74, 6) is -0.270. The molecule has 2 aromatic rings. The highest BCUT2D eigenvalue weighted by atomic mass is 35.5. The molecule has 1 heterocycles. The Balaban J connectivity index is 1.86. The molecule has 27 heavy (non-hydrogen) atoms. The number of amidine groups is 1. The lowest BCUT2D eigenvalue weighted by Crippen LogP contribution is -2.46. The van der Waals surface area contributed by atoms with Crippen molar-refractivity contribution in [2.75, 3.05) is 13.6 Å². The van der Waals surface area contributed by atoms with Gasteiger partial charge in [0.1, 0.15) is 0 Å². The van der Waals surface area contributed by atoms with E-state index >= 15 is 0 Å². The highest BCUT2D eigenvalue weighted by Crippen LogP contribution is 2.30. The van der Waals surface area contributed by atoms with Gasteiger partial charge in [-0.05, 0) is 30.2 Å². The molecule has 7 heteroatoms. The van der Waals surface area contributed by atoms with E-state index in [2.05, 4.69) is 10.3 Å². The van der Waals surface area contributed by atoms with Gasteiger partial charge in [-0.1, -0.05) is 59.8 Å². The number of halogens is 1. The largest absolute Gasteiger partial charge is 0.358 e. The van der Waals surface area contributed by atoms with Gasteiger partial charge in [0.2, 0.25) is 11.8 Å². The van der Waals surface area contributed by atoms with Gasteiger partial charge in [0.05, 0.1) is 10.9 Å². The molecule has 1 aliphatic heterocycles. The number of carbonyl (C=O) groups is 2. The second-order valence-corrected chi connectivity index (χ2v) is 7.69. The van der Waals surface area contributed by atoms with Gasteiger partial charge in [-0.2, -0.15) is 0 Å². The second-order valence-electron chi connectivity index (χ2n) is 6.08. The SMILES string of the molecule is CNC(=O)C1CC(=O)N(CCc2ccccc2)C(=Nc2cccc(Cl)c2)S1. The molecule has 5 nitrogen and oxygen atoms in total. The van der Waals surface area contributed by atoms with E-state index in [1.165, 1.54) is 11.8 Å². The molecule has 0 spiro atoms. The van der Waals surface area contributed by atoms with Crippen LogP contribution in [-0.2, 0) is 16.0 Å². The van der Waals surface area contributed by atoms with Crippen LogP contribution in [0.3, 0.4) is 0 Å². The van der Waals surface area contributed by atoms with E-state index < -0.39 is 5.25 Å². The van der Waals surface area contributed by atoms with Gasteiger partial charge in [-0.15, -0.1) is 0 Å². The van der Waals surface area contributed by atoms with Crippen LogP contribution in [0.4, 0.5) is 5.69 Å². The van der Waals surface area contributed by atoms with Crippen molar-refractivity contribution in [3.63, 3.8) is 0 Å². The monoisotopic (exact) mass is 401 g/mol. The fourth-order valence-electron chi connectivity index (χ4n) is 2.76. The summed E-state index contributed by atoms with van der Waals surface area (Å²) < 4.78 is 0. The number of carbonyl (C=O) groups excluding carboxylic acids is 2. The number of hydrogen-bond acceptors (Lipinski definition) is 4. The molecule has 0 bridgehead atoms. The average Bonchev–Trinajstić information content (AvgIpc) is 2.67. The van der Waals surface area contributed by atoms with Crippen LogP contribution in [0.2, 0.25) is 5.02 Å². The normalized spacial score (nSPS) is 18.6. The Morgan fingerprint density at radius 2 is 2.04 bits per heavy atom. The zero-order chi connectivity index (χ0) is 19.2. The van der Waals surface area contributed by atoms with Crippen molar-refractivity contribution < 1.29 is 9.59 Å².